The molecule has 0 radical (unpaired) electrons. The molecule has 0 saturated carbocycles. The highest BCUT2D eigenvalue weighted by molar-refractivity contribution is 8.13. The molecule has 4 nitrogen and oxygen atoms in total. The van der Waals surface area contributed by atoms with Gasteiger partial charge in [-0.2, -0.15) is 0 Å². The molecule has 2 aliphatic rings. The van der Waals surface area contributed by atoms with Crippen molar-refractivity contribution < 1.29 is 8.42 Å². The Morgan fingerprint density at radius 1 is 1.00 bits per heavy atom. The minimum atomic E-state index is -3.10. The van der Waals surface area contributed by atoms with Gasteiger partial charge in [0.2, 0.25) is 0 Å². The van der Waals surface area contributed by atoms with E-state index in [-0.39, 0.29) is 23.6 Å². The van der Waals surface area contributed by atoms with Gasteiger partial charge in [-0.1, -0.05) is 58.7 Å². The van der Waals surface area contributed by atoms with Crippen LogP contribution in [0.15, 0.2) is 47.5 Å². The van der Waals surface area contributed by atoms with E-state index in [1.54, 1.807) is 30.0 Å². The Bertz CT molecular complexity index is 990. The zero-order valence-corrected chi connectivity index (χ0v) is 17.9. The third kappa shape index (κ3) is 4.25. The van der Waals surface area contributed by atoms with Crippen LogP contribution in [0.1, 0.15) is 5.56 Å². The molecule has 2 atom stereocenters. The van der Waals surface area contributed by atoms with E-state index in [1.165, 1.54) is 0 Å². The molecule has 0 N–H and O–H groups in total. The highest BCUT2D eigenvalue weighted by Gasteiger charge is 2.47. The fourth-order valence-electron chi connectivity index (χ4n) is 3.34. The van der Waals surface area contributed by atoms with Crippen molar-refractivity contribution in [2.24, 2.45) is 4.99 Å². The SMILES string of the molecule is O=S1(=O)C[C@H]2N=C(SCc3ccc(Cl)cc3)N(c3cc(Cl)cc(Cl)c3)[C@H]2C1. The van der Waals surface area contributed by atoms with Crippen molar-refractivity contribution in [2.75, 3.05) is 16.4 Å². The average molecular weight is 462 g/mol. The molecule has 1 saturated heterocycles. The smallest absolute Gasteiger partial charge is 0.164 e. The van der Waals surface area contributed by atoms with Crippen molar-refractivity contribution in [3.05, 3.63) is 63.1 Å². The first kappa shape index (κ1) is 19.4. The summed E-state index contributed by atoms with van der Waals surface area (Å²) in [4.78, 5) is 6.68. The van der Waals surface area contributed by atoms with Gasteiger partial charge < -0.3 is 4.90 Å². The number of thioether (sulfide) groups is 1. The molecule has 2 aromatic rings. The second-order valence-corrected chi connectivity index (χ2v) is 10.9. The maximum Gasteiger partial charge on any atom is 0.164 e. The van der Waals surface area contributed by atoms with E-state index >= 15 is 0 Å². The molecule has 2 aliphatic heterocycles. The Morgan fingerprint density at radius 2 is 1.67 bits per heavy atom. The summed E-state index contributed by atoms with van der Waals surface area (Å²) in [5.41, 5.74) is 1.88. The van der Waals surface area contributed by atoms with E-state index in [4.69, 9.17) is 39.8 Å². The summed E-state index contributed by atoms with van der Waals surface area (Å²) in [6.45, 7) is 0. The lowest BCUT2D eigenvalue weighted by Crippen LogP contribution is -2.39. The number of sulfone groups is 1. The maximum atomic E-state index is 12.1. The Balaban J connectivity index is 1.64. The quantitative estimate of drug-likeness (QED) is 0.651. The molecule has 0 aromatic heterocycles. The van der Waals surface area contributed by atoms with Gasteiger partial charge in [0.15, 0.2) is 15.0 Å². The number of nitrogens with zero attached hydrogens (tertiary/aromatic N) is 2. The van der Waals surface area contributed by atoms with Gasteiger partial charge in [0.1, 0.15) is 0 Å². The summed E-state index contributed by atoms with van der Waals surface area (Å²) in [6, 6.07) is 12.4. The minimum Gasteiger partial charge on any atom is -0.315 e. The van der Waals surface area contributed by atoms with Crippen LogP contribution in [0.3, 0.4) is 0 Å². The van der Waals surface area contributed by atoms with Gasteiger partial charge in [0, 0.05) is 26.5 Å². The van der Waals surface area contributed by atoms with E-state index in [2.05, 4.69) is 0 Å². The van der Waals surface area contributed by atoms with Crippen molar-refractivity contribution >= 4 is 67.3 Å². The second-order valence-electron chi connectivity index (χ2n) is 6.54. The molecule has 4 rings (SSSR count). The van der Waals surface area contributed by atoms with E-state index in [0.717, 1.165) is 16.4 Å². The first-order valence-electron chi connectivity index (χ1n) is 8.21. The average Bonchev–Trinajstić information content (AvgIpc) is 3.04. The van der Waals surface area contributed by atoms with Crippen LogP contribution >= 0.6 is 46.6 Å². The number of hydrogen-bond acceptors (Lipinski definition) is 5. The highest BCUT2D eigenvalue weighted by atomic mass is 35.5. The van der Waals surface area contributed by atoms with Crippen LogP contribution < -0.4 is 4.90 Å². The second kappa shape index (κ2) is 7.48. The molecule has 2 heterocycles. The lowest BCUT2D eigenvalue weighted by molar-refractivity contribution is 0.601. The zero-order chi connectivity index (χ0) is 19.2. The van der Waals surface area contributed by atoms with Gasteiger partial charge in [-0.25, -0.2) is 8.42 Å². The first-order chi connectivity index (χ1) is 12.8. The zero-order valence-electron chi connectivity index (χ0n) is 14.0. The molecule has 9 heteroatoms. The molecular weight excluding hydrogens is 447 g/mol. The first-order valence-corrected chi connectivity index (χ1v) is 12.2. The molecule has 2 aromatic carbocycles. The Kier molecular flexibility index (Phi) is 5.38. The van der Waals surface area contributed by atoms with Gasteiger partial charge >= 0.3 is 0 Å². The largest absolute Gasteiger partial charge is 0.315 e. The predicted octanol–water partition coefficient (Wildman–Crippen LogP) is 4.92. The van der Waals surface area contributed by atoms with Crippen LogP contribution in [0.4, 0.5) is 5.69 Å². The number of anilines is 1. The van der Waals surface area contributed by atoms with E-state index < -0.39 is 9.84 Å². The molecule has 0 amide bonds. The number of rotatable bonds is 3. The summed E-state index contributed by atoms with van der Waals surface area (Å²) in [5.74, 6) is 0.858. The number of aliphatic imine (C=N–C) groups is 1. The van der Waals surface area contributed by atoms with Gasteiger partial charge in [-0.15, -0.1) is 0 Å². The van der Waals surface area contributed by atoms with Crippen molar-refractivity contribution in [1.29, 1.82) is 0 Å². The van der Waals surface area contributed by atoms with Crippen LogP contribution in [0.2, 0.25) is 15.1 Å². The van der Waals surface area contributed by atoms with Crippen LogP contribution in [0.25, 0.3) is 0 Å². The van der Waals surface area contributed by atoms with Crippen molar-refractivity contribution in [1.82, 2.24) is 0 Å². The highest BCUT2D eigenvalue weighted by Crippen LogP contribution is 2.38. The topological polar surface area (TPSA) is 49.7 Å². The fourth-order valence-corrected chi connectivity index (χ4v) is 6.91. The lowest BCUT2D eigenvalue weighted by atomic mass is 10.1. The molecule has 0 spiro atoms. The summed E-state index contributed by atoms with van der Waals surface area (Å²) in [7, 11) is -3.10. The number of benzene rings is 2. The van der Waals surface area contributed by atoms with Crippen LogP contribution in [0.5, 0.6) is 0 Å². The third-order valence-corrected chi connectivity index (χ3v) is 7.94. The molecule has 0 bridgehead atoms. The Hall–Kier alpha value is -0.920. The van der Waals surface area contributed by atoms with Crippen molar-refractivity contribution in [3.8, 4) is 0 Å². The summed E-state index contributed by atoms with van der Waals surface area (Å²) >= 11 is 19.9. The molecule has 0 unspecified atom stereocenters. The maximum absolute atomic E-state index is 12.1. The summed E-state index contributed by atoms with van der Waals surface area (Å²) in [6.07, 6.45) is 0. The van der Waals surface area contributed by atoms with Gasteiger partial charge in [0.05, 0.1) is 23.6 Å². The molecular formula is C18H15Cl3N2O2S2. The van der Waals surface area contributed by atoms with Gasteiger partial charge in [-0.05, 0) is 35.9 Å². The van der Waals surface area contributed by atoms with E-state index in [0.29, 0.717) is 20.8 Å². The molecule has 0 aliphatic carbocycles. The summed E-state index contributed by atoms with van der Waals surface area (Å²) in [5, 5.41) is 2.48. The summed E-state index contributed by atoms with van der Waals surface area (Å²) < 4.78 is 24.2. The third-order valence-electron chi connectivity index (χ3n) is 4.51. The lowest BCUT2D eigenvalue weighted by Gasteiger charge is -2.27. The monoisotopic (exact) mass is 460 g/mol. The van der Waals surface area contributed by atoms with E-state index in [9.17, 15) is 8.42 Å². The molecule has 142 valence electrons. The van der Waals surface area contributed by atoms with Gasteiger partial charge in [-0.3, -0.25) is 4.99 Å². The van der Waals surface area contributed by atoms with Crippen molar-refractivity contribution in [2.45, 2.75) is 17.8 Å². The number of hydrogen-bond donors (Lipinski definition) is 0. The Labute approximate surface area is 177 Å². The standard InChI is InChI=1S/C18H15Cl3N2O2S2/c19-12-3-1-11(2-4-12)8-26-18-22-16-9-27(24,25)10-17(16)23(18)15-6-13(20)5-14(21)7-15/h1-7,16-17H,8-10H2/t16-,17+/m1/s1. The van der Waals surface area contributed by atoms with Crippen LogP contribution in [-0.2, 0) is 15.6 Å². The van der Waals surface area contributed by atoms with E-state index in [1.807, 2.05) is 29.2 Å². The molecule has 1 fully saturated rings. The minimum absolute atomic E-state index is 0.0769. The predicted molar refractivity (Wildman–Crippen MR) is 115 cm³/mol. The number of fused-ring (bicyclic) bond motifs is 1. The van der Waals surface area contributed by atoms with Crippen LogP contribution in [0, 0.1) is 0 Å². The normalized spacial score (nSPS) is 23.4. The molecule has 27 heavy (non-hydrogen) atoms. The van der Waals surface area contributed by atoms with Crippen LogP contribution in [-0.4, -0.2) is 37.2 Å². The van der Waals surface area contributed by atoms with Crippen molar-refractivity contribution in [3.63, 3.8) is 0 Å². The fraction of sp³-hybridized carbons (Fsp3) is 0.278. The Morgan fingerprint density at radius 3 is 2.33 bits per heavy atom. The number of halogens is 3. The number of amidine groups is 1. The van der Waals surface area contributed by atoms with Gasteiger partial charge in [0.25, 0.3) is 0 Å².